The average molecular weight is 367 g/mol. The predicted octanol–water partition coefficient (Wildman–Crippen LogP) is 1.58. The standard InChI is InChI=1S/C21H29N5O/c1-25-13-14-26(20(27)19(25)7-4-11-24-21(22)23)12-10-16-8-9-17-5-2-3-6-18(17)15-16/h2-3,5-6,8-9,15,19H,4,7,10-14H2,1H3,(H4,22,23,24)/t19-/m0/s1. The molecule has 0 aliphatic carbocycles. The third kappa shape index (κ3) is 4.98. The van der Waals surface area contributed by atoms with Crippen LogP contribution < -0.4 is 11.5 Å². The molecule has 144 valence electrons. The van der Waals surface area contributed by atoms with Crippen molar-refractivity contribution in [3.63, 3.8) is 0 Å². The van der Waals surface area contributed by atoms with Crippen LogP contribution in [-0.4, -0.2) is 60.9 Å². The summed E-state index contributed by atoms with van der Waals surface area (Å²) >= 11 is 0. The van der Waals surface area contributed by atoms with E-state index in [1.54, 1.807) is 0 Å². The highest BCUT2D eigenvalue weighted by molar-refractivity contribution is 5.83. The molecule has 1 aliphatic heterocycles. The lowest BCUT2D eigenvalue weighted by molar-refractivity contribution is -0.141. The molecule has 0 radical (unpaired) electrons. The fourth-order valence-electron chi connectivity index (χ4n) is 3.66. The first-order chi connectivity index (χ1) is 13.0. The summed E-state index contributed by atoms with van der Waals surface area (Å²) in [4.78, 5) is 21.0. The van der Waals surface area contributed by atoms with Crippen LogP contribution in [0.25, 0.3) is 10.8 Å². The van der Waals surface area contributed by atoms with Crippen molar-refractivity contribution in [1.82, 2.24) is 9.80 Å². The Kier molecular flexibility index (Phi) is 6.29. The van der Waals surface area contributed by atoms with Crippen molar-refractivity contribution < 1.29 is 4.79 Å². The zero-order chi connectivity index (χ0) is 19.2. The number of hydrogen-bond donors (Lipinski definition) is 2. The minimum atomic E-state index is -0.0791. The van der Waals surface area contributed by atoms with Gasteiger partial charge in [-0.3, -0.25) is 14.7 Å². The molecule has 27 heavy (non-hydrogen) atoms. The molecule has 1 atom stereocenters. The van der Waals surface area contributed by atoms with Crippen LogP contribution in [0.3, 0.4) is 0 Å². The van der Waals surface area contributed by atoms with Gasteiger partial charge >= 0.3 is 0 Å². The van der Waals surface area contributed by atoms with Gasteiger partial charge in [-0.1, -0.05) is 42.5 Å². The fraction of sp³-hybridized carbons (Fsp3) is 0.429. The first kappa shape index (κ1) is 19.2. The molecule has 0 bridgehead atoms. The van der Waals surface area contributed by atoms with Gasteiger partial charge in [0.1, 0.15) is 0 Å². The molecule has 1 heterocycles. The Morgan fingerprint density at radius 1 is 1.15 bits per heavy atom. The molecule has 2 aromatic carbocycles. The lowest BCUT2D eigenvalue weighted by Gasteiger charge is -2.38. The summed E-state index contributed by atoms with van der Waals surface area (Å²) in [5.41, 5.74) is 12.0. The quantitative estimate of drug-likeness (QED) is 0.442. The van der Waals surface area contributed by atoms with Gasteiger partial charge < -0.3 is 16.4 Å². The SMILES string of the molecule is CN1CCN(CCc2ccc3ccccc3c2)C(=O)[C@@H]1CCCN=C(N)N. The molecule has 1 saturated heterocycles. The number of nitrogens with two attached hydrogens (primary N) is 2. The van der Waals surface area contributed by atoms with Crippen LogP contribution >= 0.6 is 0 Å². The van der Waals surface area contributed by atoms with Crippen molar-refractivity contribution in [1.29, 1.82) is 0 Å². The van der Waals surface area contributed by atoms with E-state index in [1.165, 1.54) is 16.3 Å². The second-order valence-corrected chi connectivity index (χ2v) is 7.20. The van der Waals surface area contributed by atoms with Crippen molar-refractivity contribution in [2.75, 3.05) is 33.2 Å². The normalized spacial score (nSPS) is 18.0. The molecule has 6 heteroatoms. The Balaban J connectivity index is 1.57. The van der Waals surface area contributed by atoms with Crippen molar-refractivity contribution in [2.45, 2.75) is 25.3 Å². The Morgan fingerprint density at radius 2 is 1.93 bits per heavy atom. The minimum Gasteiger partial charge on any atom is -0.370 e. The average Bonchev–Trinajstić information content (AvgIpc) is 2.66. The predicted molar refractivity (Wildman–Crippen MR) is 111 cm³/mol. The Morgan fingerprint density at radius 3 is 2.70 bits per heavy atom. The van der Waals surface area contributed by atoms with E-state index < -0.39 is 0 Å². The first-order valence-corrected chi connectivity index (χ1v) is 9.56. The Bertz CT molecular complexity index is 815. The highest BCUT2D eigenvalue weighted by Crippen LogP contribution is 2.18. The van der Waals surface area contributed by atoms with Crippen LogP contribution in [0.1, 0.15) is 18.4 Å². The van der Waals surface area contributed by atoms with Crippen LogP contribution in [0.15, 0.2) is 47.5 Å². The summed E-state index contributed by atoms with van der Waals surface area (Å²) in [6, 6.07) is 14.8. The van der Waals surface area contributed by atoms with E-state index >= 15 is 0 Å². The number of nitrogens with zero attached hydrogens (tertiary/aromatic N) is 3. The fourth-order valence-corrected chi connectivity index (χ4v) is 3.66. The number of hydrogen-bond acceptors (Lipinski definition) is 3. The number of benzene rings is 2. The van der Waals surface area contributed by atoms with Gasteiger partial charge in [0.15, 0.2) is 5.96 Å². The molecule has 1 amide bonds. The summed E-state index contributed by atoms with van der Waals surface area (Å²) in [5, 5.41) is 2.50. The second kappa shape index (κ2) is 8.86. The minimum absolute atomic E-state index is 0.0791. The van der Waals surface area contributed by atoms with Crippen molar-refractivity contribution in [3.05, 3.63) is 48.0 Å². The summed E-state index contributed by atoms with van der Waals surface area (Å²) in [7, 11) is 2.02. The number of fused-ring (bicyclic) bond motifs is 1. The number of rotatable bonds is 7. The lowest BCUT2D eigenvalue weighted by Crippen LogP contribution is -2.55. The maximum Gasteiger partial charge on any atom is 0.239 e. The number of carbonyl (C=O) groups is 1. The van der Waals surface area contributed by atoms with Gasteiger partial charge in [-0.2, -0.15) is 0 Å². The molecular weight excluding hydrogens is 338 g/mol. The topological polar surface area (TPSA) is 87.9 Å². The zero-order valence-corrected chi connectivity index (χ0v) is 16.0. The number of guanidine groups is 1. The van der Waals surface area contributed by atoms with E-state index in [2.05, 4.69) is 52.4 Å². The highest BCUT2D eigenvalue weighted by Gasteiger charge is 2.31. The van der Waals surface area contributed by atoms with Gasteiger partial charge in [0.2, 0.25) is 5.91 Å². The number of carbonyl (C=O) groups excluding carboxylic acids is 1. The van der Waals surface area contributed by atoms with Gasteiger partial charge in [0, 0.05) is 26.2 Å². The van der Waals surface area contributed by atoms with Crippen LogP contribution in [0, 0.1) is 0 Å². The number of piperazine rings is 1. The number of amides is 1. The molecule has 0 unspecified atom stereocenters. The van der Waals surface area contributed by atoms with Crippen LogP contribution in [0.2, 0.25) is 0 Å². The zero-order valence-electron chi connectivity index (χ0n) is 16.0. The largest absolute Gasteiger partial charge is 0.370 e. The molecule has 0 aromatic heterocycles. The highest BCUT2D eigenvalue weighted by atomic mass is 16.2. The van der Waals surface area contributed by atoms with Crippen LogP contribution in [0.4, 0.5) is 0 Å². The second-order valence-electron chi connectivity index (χ2n) is 7.20. The summed E-state index contributed by atoms with van der Waals surface area (Å²) in [6.07, 6.45) is 2.46. The van der Waals surface area contributed by atoms with E-state index in [4.69, 9.17) is 11.5 Å². The van der Waals surface area contributed by atoms with E-state index in [1.807, 2.05) is 11.9 Å². The molecule has 1 fully saturated rings. The number of likely N-dealkylation sites (N-methyl/N-ethyl adjacent to an activating group) is 1. The molecule has 6 nitrogen and oxygen atoms in total. The van der Waals surface area contributed by atoms with E-state index in [0.717, 1.165) is 38.9 Å². The molecule has 3 rings (SSSR count). The van der Waals surface area contributed by atoms with Crippen molar-refractivity contribution >= 4 is 22.6 Å². The van der Waals surface area contributed by atoms with E-state index in [9.17, 15) is 4.79 Å². The third-order valence-corrected chi connectivity index (χ3v) is 5.27. The maximum atomic E-state index is 12.9. The summed E-state index contributed by atoms with van der Waals surface area (Å²) < 4.78 is 0. The molecule has 0 spiro atoms. The number of aliphatic imine (C=N–C) groups is 1. The summed E-state index contributed by atoms with van der Waals surface area (Å²) in [6.45, 7) is 3.01. The maximum absolute atomic E-state index is 12.9. The van der Waals surface area contributed by atoms with Gasteiger partial charge in [-0.25, -0.2) is 0 Å². The van der Waals surface area contributed by atoms with Crippen molar-refractivity contribution in [2.24, 2.45) is 16.5 Å². The molecular formula is C21H29N5O. The van der Waals surface area contributed by atoms with E-state index in [0.29, 0.717) is 6.54 Å². The molecule has 4 N–H and O–H groups in total. The Hall–Kier alpha value is -2.60. The smallest absolute Gasteiger partial charge is 0.239 e. The van der Waals surface area contributed by atoms with Gasteiger partial charge in [-0.05, 0) is 42.6 Å². The van der Waals surface area contributed by atoms with Crippen LogP contribution in [-0.2, 0) is 11.2 Å². The lowest BCUT2D eigenvalue weighted by atomic mass is 10.0. The van der Waals surface area contributed by atoms with Gasteiger partial charge in [0.05, 0.1) is 6.04 Å². The molecule has 2 aromatic rings. The van der Waals surface area contributed by atoms with Gasteiger partial charge in [-0.15, -0.1) is 0 Å². The van der Waals surface area contributed by atoms with Crippen molar-refractivity contribution in [3.8, 4) is 0 Å². The van der Waals surface area contributed by atoms with Gasteiger partial charge in [0.25, 0.3) is 0 Å². The first-order valence-electron chi connectivity index (χ1n) is 9.56. The monoisotopic (exact) mass is 367 g/mol. The van der Waals surface area contributed by atoms with Crippen LogP contribution in [0.5, 0.6) is 0 Å². The Labute approximate surface area is 160 Å². The molecule has 1 aliphatic rings. The summed E-state index contributed by atoms with van der Waals surface area (Å²) in [5.74, 6) is 0.324. The molecule has 0 saturated carbocycles. The van der Waals surface area contributed by atoms with E-state index in [-0.39, 0.29) is 17.9 Å². The third-order valence-electron chi connectivity index (χ3n) is 5.27.